The Morgan fingerprint density at radius 3 is 2.87 bits per heavy atom. The number of nitrogens with two attached hydrogens (primary N) is 1. The number of rotatable bonds is 1. The van der Waals surface area contributed by atoms with Gasteiger partial charge in [0.15, 0.2) is 11.5 Å². The quantitative estimate of drug-likeness (QED) is 0.845. The maximum absolute atomic E-state index is 8.76. The smallest absolute Gasteiger partial charge is 0.165 e. The summed E-state index contributed by atoms with van der Waals surface area (Å²) in [6.45, 7) is 0. The van der Waals surface area contributed by atoms with Gasteiger partial charge in [-0.25, -0.2) is 9.67 Å². The van der Waals surface area contributed by atoms with E-state index in [2.05, 4.69) is 26.0 Å². The van der Waals surface area contributed by atoms with E-state index in [-0.39, 0.29) is 5.69 Å². The third kappa shape index (κ3) is 1.82. The predicted octanol–water partition coefficient (Wildman–Crippen LogP) is 1.48. The molecule has 15 heavy (non-hydrogen) atoms. The Morgan fingerprint density at radius 2 is 2.27 bits per heavy atom. The number of halogens is 1. The summed E-state index contributed by atoms with van der Waals surface area (Å²) >= 11 is 3.28. The van der Waals surface area contributed by atoms with Crippen LogP contribution in [0.4, 0.5) is 5.69 Å². The van der Waals surface area contributed by atoms with Crippen LogP contribution in [0.2, 0.25) is 0 Å². The second kappa shape index (κ2) is 3.71. The molecule has 0 amide bonds. The number of nitrogens with zero attached hydrogens (tertiary/aromatic N) is 4. The maximum atomic E-state index is 8.76. The van der Waals surface area contributed by atoms with E-state index in [1.807, 2.05) is 6.07 Å². The Kier molecular flexibility index (Phi) is 2.39. The van der Waals surface area contributed by atoms with Crippen LogP contribution in [0.5, 0.6) is 0 Å². The minimum atomic E-state index is 0.208. The molecule has 74 valence electrons. The van der Waals surface area contributed by atoms with Crippen LogP contribution in [0.1, 0.15) is 5.69 Å². The van der Waals surface area contributed by atoms with E-state index in [0.29, 0.717) is 11.5 Å². The predicted molar refractivity (Wildman–Crippen MR) is 58.2 cm³/mol. The van der Waals surface area contributed by atoms with Crippen molar-refractivity contribution >= 4 is 21.6 Å². The highest BCUT2D eigenvalue weighted by Gasteiger charge is 2.04. The molecule has 0 spiro atoms. The van der Waals surface area contributed by atoms with Crippen LogP contribution >= 0.6 is 15.9 Å². The fraction of sp³-hybridized carbons (Fsp3) is 0. The Balaban J connectivity index is 2.51. The lowest BCUT2D eigenvalue weighted by molar-refractivity contribution is 0.845. The van der Waals surface area contributed by atoms with Gasteiger partial charge in [0.2, 0.25) is 0 Å². The lowest BCUT2D eigenvalue weighted by Crippen LogP contribution is -2.01. The number of pyridine rings is 1. The molecule has 0 bridgehead atoms. The van der Waals surface area contributed by atoms with Gasteiger partial charge >= 0.3 is 0 Å². The van der Waals surface area contributed by atoms with E-state index in [1.165, 1.54) is 0 Å². The monoisotopic (exact) mass is 263 g/mol. The standard InChI is InChI=1S/C9H6BrN5/c10-6-4-13-15(5-6)9-2-1-7(12)8(3-11)14-9/h1-2,4-5H,12H2. The van der Waals surface area contributed by atoms with Crippen molar-refractivity contribution in [2.24, 2.45) is 0 Å². The first-order chi connectivity index (χ1) is 7.20. The first-order valence-electron chi connectivity index (χ1n) is 4.08. The summed E-state index contributed by atoms with van der Waals surface area (Å²) in [6, 6.07) is 5.26. The van der Waals surface area contributed by atoms with Crippen LogP contribution in [0.15, 0.2) is 29.0 Å². The second-order valence-electron chi connectivity index (χ2n) is 2.82. The van der Waals surface area contributed by atoms with E-state index < -0.39 is 0 Å². The van der Waals surface area contributed by atoms with Crippen molar-refractivity contribution in [1.29, 1.82) is 5.26 Å². The third-order valence-electron chi connectivity index (χ3n) is 1.80. The van der Waals surface area contributed by atoms with Gasteiger partial charge in [0.05, 0.1) is 16.4 Å². The van der Waals surface area contributed by atoms with Gasteiger partial charge in [-0.15, -0.1) is 0 Å². The molecule has 0 aromatic carbocycles. The molecule has 0 atom stereocenters. The lowest BCUT2D eigenvalue weighted by Gasteiger charge is -2.01. The molecule has 0 aliphatic rings. The molecule has 6 heteroatoms. The van der Waals surface area contributed by atoms with Gasteiger partial charge in [0.25, 0.3) is 0 Å². The molecule has 0 aliphatic carbocycles. The van der Waals surface area contributed by atoms with Crippen molar-refractivity contribution in [1.82, 2.24) is 14.8 Å². The number of hydrogen-bond donors (Lipinski definition) is 1. The molecular formula is C9H6BrN5. The van der Waals surface area contributed by atoms with E-state index in [9.17, 15) is 0 Å². The van der Waals surface area contributed by atoms with Crippen molar-refractivity contribution in [2.45, 2.75) is 0 Å². The van der Waals surface area contributed by atoms with Gasteiger partial charge in [-0.1, -0.05) is 0 Å². The third-order valence-corrected chi connectivity index (χ3v) is 2.21. The molecule has 0 radical (unpaired) electrons. The zero-order chi connectivity index (χ0) is 10.8. The minimum Gasteiger partial charge on any atom is -0.396 e. The summed E-state index contributed by atoms with van der Waals surface area (Å²) in [6.07, 6.45) is 3.39. The molecule has 0 unspecified atom stereocenters. The van der Waals surface area contributed by atoms with Gasteiger partial charge < -0.3 is 5.73 Å². The molecule has 0 fully saturated rings. The van der Waals surface area contributed by atoms with Crippen LogP contribution in [0.25, 0.3) is 5.82 Å². The Bertz CT molecular complexity index is 540. The maximum Gasteiger partial charge on any atom is 0.165 e. The minimum absolute atomic E-state index is 0.208. The molecule has 0 saturated heterocycles. The summed E-state index contributed by atoms with van der Waals surface area (Å²) in [5.41, 5.74) is 6.13. The molecular weight excluding hydrogens is 258 g/mol. The van der Waals surface area contributed by atoms with Crippen molar-refractivity contribution in [3.63, 3.8) is 0 Å². The zero-order valence-corrected chi connectivity index (χ0v) is 9.14. The van der Waals surface area contributed by atoms with Crippen LogP contribution in [0.3, 0.4) is 0 Å². The summed E-state index contributed by atoms with van der Waals surface area (Å²) < 4.78 is 2.41. The van der Waals surface area contributed by atoms with Crippen LogP contribution < -0.4 is 5.73 Å². The average molecular weight is 264 g/mol. The molecule has 2 aromatic heterocycles. The molecule has 0 saturated carbocycles. The fourth-order valence-corrected chi connectivity index (χ4v) is 1.39. The summed E-state index contributed by atoms with van der Waals surface area (Å²) in [4.78, 5) is 4.07. The highest BCUT2D eigenvalue weighted by atomic mass is 79.9. The fourth-order valence-electron chi connectivity index (χ4n) is 1.10. The van der Waals surface area contributed by atoms with Gasteiger partial charge in [0, 0.05) is 6.20 Å². The van der Waals surface area contributed by atoms with Gasteiger partial charge in [-0.2, -0.15) is 10.4 Å². The van der Waals surface area contributed by atoms with Gasteiger partial charge in [-0.3, -0.25) is 0 Å². The van der Waals surface area contributed by atoms with Crippen LogP contribution in [0, 0.1) is 11.3 Å². The van der Waals surface area contributed by atoms with Crippen LogP contribution in [-0.2, 0) is 0 Å². The van der Waals surface area contributed by atoms with Crippen molar-refractivity contribution < 1.29 is 0 Å². The van der Waals surface area contributed by atoms with E-state index in [4.69, 9.17) is 11.0 Å². The average Bonchev–Trinajstić information content (AvgIpc) is 2.66. The number of nitriles is 1. The second-order valence-corrected chi connectivity index (χ2v) is 3.74. The van der Waals surface area contributed by atoms with E-state index >= 15 is 0 Å². The number of nitrogen functional groups attached to an aromatic ring is 1. The first-order valence-corrected chi connectivity index (χ1v) is 4.87. The molecule has 2 N–H and O–H groups in total. The number of aromatic nitrogens is 3. The largest absolute Gasteiger partial charge is 0.396 e. The SMILES string of the molecule is N#Cc1nc(-n2cc(Br)cn2)ccc1N. The number of anilines is 1. The normalized spacial score (nSPS) is 9.87. The molecule has 2 heterocycles. The molecule has 2 aromatic rings. The zero-order valence-electron chi connectivity index (χ0n) is 7.55. The van der Waals surface area contributed by atoms with Crippen molar-refractivity contribution in [3.05, 3.63) is 34.7 Å². The van der Waals surface area contributed by atoms with Gasteiger partial charge in [-0.05, 0) is 28.1 Å². The molecule has 0 aliphatic heterocycles. The van der Waals surface area contributed by atoms with Crippen molar-refractivity contribution in [3.8, 4) is 11.9 Å². The lowest BCUT2D eigenvalue weighted by atomic mass is 10.3. The topological polar surface area (TPSA) is 80.5 Å². The van der Waals surface area contributed by atoms with E-state index in [1.54, 1.807) is 29.2 Å². The molecule has 2 rings (SSSR count). The Hall–Kier alpha value is -1.87. The first kappa shape index (κ1) is 9.68. The Labute approximate surface area is 94.3 Å². The summed E-state index contributed by atoms with van der Waals surface area (Å²) in [5.74, 6) is 0.562. The van der Waals surface area contributed by atoms with Gasteiger partial charge in [0.1, 0.15) is 6.07 Å². The summed E-state index contributed by atoms with van der Waals surface area (Å²) in [7, 11) is 0. The summed E-state index contributed by atoms with van der Waals surface area (Å²) in [5, 5.41) is 12.8. The van der Waals surface area contributed by atoms with Crippen LogP contribution in [-0.4, -0.2) is 14.8 Å². The van der Waals surface area contributed by atoms with E-state index in [0.717, 1.165) is 4.47 Å². The Morgan fingerprint density at radius 1 is 1.47 bits per heavy atom. The molecule has 5 nitrogen and oxygen atoms in total. The highest BCUT2D eigenvalue weighted by Crippen LogP contribution is 2.14. The highest BCUT2D eigenvalue weighted by molar-refractivity contribution is 9.10. The van der Waals surface area contributed by atoms with Crippen molar-refractivity contribution in [2.75, 3.05) is 5.73 Å². The number of hydrogen-bond acceptors (Lipinski definition) is 4.